The number of benzene rings is 1. The zero-order chi connectivity index (χ0) is 14.8. The molecule has 102 valence electrons. The van der Waals surface area contributed by atoms with E-state index < -0.39 is 34.2 Å². The van der Waals surface area contributed by atoms with Gasteiger partial charge in [-0.3, -0.25) is 0 Å². The number of carbonyl (C=O) groups excluding carboxylic acids is 1. The largest absolute Gasteiger partial charge is 0.459 e. The lowest BCUT2D eigenvalue weighted by Crippen LogP contribution is -2.39. The van der Waals surface area contributed by atoms with Crippen molar-refractivity contribution in [3.63, 3.8) is 0 Å². The summed E-state index contributed by atoms with van der Waals surface area (Å²) < 4.78 is 32.5. The third kappa shape index (κ3) is 3.08. The van der Waals surface area contributed by atoms with Crippen LogP contribution in [0.3, 0.4) is 0 Å². The van der Waals surface area contributed by atoms with Gasteiger partial charge in [0.25, 0.3) is 0 Å². The minimum Gasteiger partial charge on any atom is -0.459 e. The minimum atomic E-state index is -2.03. The van der Waals surface area contributed by atoms with Crippen molar-refractivity contribution >= 4 is 5.97 Å². The predicted molar refractivity (Wildman–Crippen MR) is 65.2 cm³/mol. The predicted octanol–water partition coefficient (Wildman–Crippen LogP) is 3.09. The van der Waals surface area contributed by atoms with Gasteiger partial charge in [-0.25, -0.2) is 13.6 Å². The van der Waals surface area contributed by atoms with Crippen LogP contribution in [0.4, 0.5) is 8.78 Å². The van der Waals surface area contributed by atoms with Gasteiger partial charge < -0.3 is 4.74 Å². The fraction of sp³-hybridized carbons (Fsp3) is 0.429. The molecule has 1 aromatic carbocycles. The molecule has 0 aliphatic heterocycles. The number of halogens is 2. The number of carbonyl (C=O) groups is 1. The molecule has 0 radical (unpaired) electrons. The molecule has 0 N–H and O–H groups in total. The maximum atomic E-state index is 13.7. The smallest absolute Gasteiger partial charge is 0.331 e. The average molecular weight is 267 g/mol. The third-order valence-electron chi connectivity index (χ3n) is 2.49. The topological polar surface area (TPSA) is 50.1 Å². The summed E-state index contributed by atoms with van der Waals surface area (Å²) in [5.41, 5.74) is -3.47. The Morgan fingerprint density at radius 1 is 1.21 bits per heavy atom. The van der Waals surface area contributed by atoms with E-state index in [2.05, 4.69) is 0 Å². The molecule has 0 bridgehead atoms. The monoisotopic (exact) mass is 267 g/mol. The van der Waals surface area contributed by atoms with Crippen LogP contribution in [0, 0.1) is 23.0 Å². The first-order chi connectivity index (χ1) is 8.62. The van der Waals surface area contributed by atoms with Crippen LogP contribution in [-0.2, 0) is 14.9 Å². The standard InChI is InChI=1S/C14H15F2NO2/c1-13(2,3)19-12(18)14(4,8-17)11-9(15)6-5-7-10(11)16/h5-7H,1-4H3. The van der Waals surface area contributed by atoms with Crippen LogP contribution in [0.15, 0.2) is 18.2 Å². The maximum Gasteiger partial charge on any atom is 0.331 e. The van der Waals surface area contributed by atoms with E-state index in [0.29, 0.717) is 0 Å². The first kappa shape index (κ1) is 15.1. The average Bonchev–Trinajstić information content (AvgIpc) is 2.26. The van der Waals surface area contributed by atoms with Crippen LogP contribution in [0.5, 0.6) is 0 Å². The molecule has 0 heterocycles. The van der Waals surface area contributed by atoms with Gasteiger partial charge in [-0.1, -0.05) is 6.07 Å². The normalized spacial score (nSPS) is 14.4. The van der Waals surface area contributed by atoms with Crippen LogP contribution < -0.4 is 0 Å². The zero-order valence-electron chi connectivity index (χ0n) is 11.3. The van der Waals surface area contributed by atoms with Gasteiger partial charge in [0.15, 0.2) is 5.41 Å². The van der Waals surface area contributed by atoms with Gasteiger partial charge in [0, 0.05) is 0 Å². The summed E-state index contributed by atoms with van der Waals surface area (Å²) in [4.78, 5) is 12.0. The van der Waals surface area contributed by atoms with E-state index in [4.69, 9.17) is 4.74 Å². The molecule has 0 fully saturated rings. The first-order valence-corrected chi connectivity index (χ1v) is 5.71. The molecule has 1 aromatic rings. The highest BCUT2D eigenvalue weighted by Gasteiger charge is 2.43. The molecule has 1 rings (SSSR count). The molecule has 3 nitrogen and oxygen atoms in total. The van der Waals surface area contributed by atoms with E-state index in [0.717, 1.165) is 19.1 Å². The van der Waals surface area contributed by atoms with E-state index in [1.54, 1.807) is 26.8 Å². The molecule has 0 saturated carbocycles. The van der Waals surface area contributed by atoms with Gasteiger partial charge in [0.05, 0.1) is 11.6 Å². The highest BCUT2D eigenvalue weighted by molar-refractivity contribution is 5.86. The molecular weight excluding hydrogens is 252 g/mol. The molecular formula is C14H15F2NO2. The molecule has 0 amide bonds. The number of ether oxygens (including phenoxy) is 1. The van der Waals surface area contributed by atoms with Crippen molar-refractivity contribution in [2.24, 2.45) is 0 Å². The summed E-state index contributed by atoms with van der Waals surface area (Å²) >= 11 is 0. The SMILES string of the molecule is CC(C)(C)OC(=O)C(C)(C#N)c1c(F)cccc1F. The fourth-order valence-electron chi connectivity index (χ4n) is 1.56. The molecule has 0 aliphatic rings. The fourth-order valence-corrected chi connectivity index (χ4v) is 1.56. The van der Waals surface area contributed by atoms with Crippen molar-refractivity contribution in [2.45, 2.75) is 38.7 Å². The second-order valence-corrected chi connectivity index (χ2v) is 5.34. The summed E-state index contributed by atoms with van der Waals surface area (Å²) in [6, 6.07) is 4.81. The molecule has 1 atom stereocenters. The van der Waals surface area contributed by atoms with Crippen LogP contribution >= 0.6 is 0 Å². The second kappa shape index (κ2) is 4.96. The highest BCUT2D eigenvalue weighted by Crippen LogP contribution is 2.31. The number of nitrogens with zero attached hydrogens (tertiary/aromatic N) is 1. The van der Waals surface area contributed by atoms with E-state index >= 15 is 0 Å². The van der Waals surface area contributed by atoms with Crippen LogP contribution in [0.1, 0.15) is 33.3 Å². The van der Waals surface area contributed by atoms with Crippen molar-refractivity contribution in [1.82, 2.24) is 0 Å². The van der Waals surface area contributed by atoms with Crippen molar-refractivity contribution < 1.29 is 18.3 Å². The lowest BCUT2D eigenvalue weighted by atomic mass is 9.83. The van der Waals surface area contributed by atoms with Crippen molar-refractivity contribution in [3.05, 3.63) is 35.4 Å². The molecule has 0 aromatic heterocycles. The van der Waals surface area contributed by atoms with Gasteiger partial charge in [-0.2, -0.15) is 5.26 Å². The number of hydrogen-bond donors (Lipinski definition) is 0. The second-order valence-electron chi connectivity index (χ2n) is 5.34. The van der Waals surface area contributed by atoms with E-state index in [9.17, 15) is 18.8 Å². The summed E-state index contributed by atoms with van der Waals surface area (Å²) in [5.74, 6) is -2.88. The quantitative estimate of drug-likeness (QED) is 0.774. The maximum absolute atomic E-state index is 13.7. The Balaban J connectivity index is 3.33. The molecule has 1 unspecified atom stereocenters. The van der Waals surface area contributed by atoms with E-state index in [1.165, 1.54) is 6.07 Å². The third-order valence-corrected chi connectivity index (χ3v) is 2.49. The van der Waals surface area contributed by atoms with E-state index in [1.807, 2.05) is 0 Å². The number of rotatable bonds is 2. The summed E-state index contributed by atoms with van der Waals surface area (Å²) in [5, 5.41) is 9.17. The Kier molecular flexibility index (Phi) is 3.94. The number of esters is 1. The lowest BCUT2D eigenvalue weighted by Gasteiger charge is -2.27. The van der Waals surface area contributed by atoms with Crippen LogP contribution in [0.25, 0.3) is 0 Å². The van der Waals surface area contributed by atoms with Crippen molar-refractivity contribution in [2.75, 3.05) is 0 Å². The molecule has 5 heteroatoms. The number of nitriles is 1. The zero-order valence-corrected chi connectivity index (χ0v) is 11.3. The van der Waals surface area contributed by atoms with Crippen LogP contribution in [-0.4, -0.2) is 11.6 Å². The Labute approximate surface area is 110 Å². The minimum absolute atomic E-state index is 0.591. The van der Waals surface area contributed by atoms with Gasteiger partial charge in [-0.15, -0.1) is 0 Å². The van der Waals surface area contributed by atoms with Gasteiger partial charge in [0.1, 0.15) is 17.2 Å². The van der Waals surface area contributed by atoms with Gasteiger partial charge >= 0.3 is 5.97 Å². The molecule has 19 heavy (non-hydrogen) atoms. The van der Waals surface area contributed by atoms with Gasteiger partial charge in [0.2, 0.25) is 0 Å². The van der Waals surface area contributed by atoms with Crippen molar-refractivity contribution in [1.29, 1.82) is 5.26 Å². The molecule has 0 spiro atoms. The Morgan fingerprint density at radius 3 is 2.05 bits per heavy atom. The summed E-state index contributed by atoms with van der Waals surface area (Å²) in [6.07, 6.45) is 0. The van der Waals surface area contributed by atoms with Crippen molar-refractivity contribution in [3.8, 4) is 6.07 Å². The molecule has 0 aliphatic carbocycles. The Hall–Kier alpha value is -1.96. The summed E-state index contributed by atoms with van der Waals surface area (Å²) in [7, 11) is 0. The Morgan fingerprint density at radius 2 is 1.68 bits per heavy atom. The first-order valence-electron chi connectivity index (χ1n) is 5.71. The van der Waals surface area contributed by atoms with E-state index in [-0.39, 0.29) is 0 Å². The van der Waals surface area contributed by atoms with Crippen LogP contribution in [0.2, 0.25) is 0 Å². The number of hydrogen-bond acceptors (Lipinski definition) is 3. The highest BCUT2D eigenvalue weighted by atomic mass is 19.1. The lowest BCUT2D eigenvalue weighted by molar-refractivity contribution is -0.159. The molecule has 0 saturated heterocycles. The van der Waals surface area contributed by atoms with Gasteiger partial charge in [-0.05, 0) is 39.8 Å². The Bertz CT molecular complexity index is 523. The summed E-state index contributed by atoms with van der Waals surface area (Å²) in [6.45, 7) is 5.98.